The molecule has 0 N–H and O–H groups in total. The van der Waals surface area contributed by atoms with Crippen molar-refractivity contribution in [2.75, 3.05) is 26.6 Å². The van der Waals surface area contributed by atoms with Crippen LogP contribution in [0.2, 0.25) is 0 Å². The molecule has 0 spiro atoms. The average molecular weight is 425 g/mol. The van der Waals surface area contributed by atoms with E-state index in [1.54, 1.807) is 18.2 Å². The number of hydrogen-bond donors (Lipinski definition) is 0. The average Bonchev–Trinajstić information content (AvgIpc) is 2.65. The first-order chi connectivity index (χ1) is 12.0. The lowest BCUT2D eigenvalue weighted by Crippen LogP contribution is -2.16. The van der Waals surface area contributed by atoms with Gasteiger partial charge in [-0.3, -0.25) is 9.59 Å². The third-order valence-electron chi connectivity index (χ3n) is 3.24. The first-order valence-electron chi connectivity index (χ1n) is 7.32. The van der Waals surface area contributed by atoms with Gasteiger partial charge in [-0.1, -0.05) is 15.9 Å². The Morgan fingerprint density at radius 1 is 1.04 bits per heavy atom. The first-order valence-corrected chi connectivity index (χ1v) is 9.10. The SMILES string of the molecule is COc1ccc(OC)c(C(=O)COC(=O)CSc2ccc(Br)cc2)c1. The number of esters is 1. The number of thioether (sulfide) groups is 1. The van der Waals surface area contributed by atoms with Crippen LogP contribution in [-0.4, -0.2) is 38.3 Å². The predicted octanol–water partition coefficient (Wildman–Crippen LogP) is 3.98. The van der Waals surface area contributed by atoms with Crippen molar-refractivity contribution in [1.82, 2.24) is 0 Å². The molecule has 7 heteroatoms. The minimum atomic E-state index is -0.455. The normalized spacial score (nSPS) is 10.2. The minimum Gasteiger partial charge on any atom is -0.497 e. The Labute approximate surface area is 158 Å². The molecule has 0 atom stereocenters. The minimum absolute atomic E-state index is 0.129. The van der Waals surface area contributed by atoms with Crippen LogP contribution < -0.4 is 9.47 Å². The lowest BCUT2D eigenvalue weighted by Gasteiger charge is -2.10. The number of carbonyl (C=O) groups excluding carboxylic acids is 2. The molecule has 0 fully saturated rings. The summed E-state index contributed by atoms with van der Waals surface area (Å²) in [6.07, 6.45) is 0. The van der Waals surface area contributed by atoms with Gasteiger partial charge in [-0.15, -0.1) is 11.8 Å². The Morgan fingerprint density at radius 3 is 2.40 bits per heavy atom. The summed E-state index contributed by atoms with van der Waals surface area (Å²) in [5, 5.41) is 0. The van der Waals surface area contributed by atoms with Gasteiger partial charge in [-0.05, 0) is 42.5 Å². The topological polar surface area (TPSA) is 61.8 Å². The number of methoxy groups -OCH3 is 2. The smallest absolute Gasteiger partial charge is 0.316 e. The molecule has 2 aromatic rings. The molecular formula is C18H17BrO5S. The summed E-state index contributed by atoms with van der Waals surface area (Å²) < 4.78 is 16.3. The molecule has 0 aliphatic rings. The van der Waals surface area contributed by atoms with Gasteiger partial charge in [0.05, 0.1) is 25.5 Å². The lowest BCUT2D eigenvalue weighted by atomic mass is 10.1. The second kappa shape index (κ2) is 9.48. The Balaban J connectivity index is 1.88. The van der Waals surface area contributed by atoms with Crippen molar-refractivity contribution in [3.05, 3.63) is 52.5 Å². The monoisotopic (exact) mass is 424 g/mol. The van der Waals surface area contributed by atoms with Crippen LogP contribution in [0.25, 0.3) is 0 Å². The zero-order valence-electron chi connectivity index (χ0n) is 13.8. The van der Waals surface area contributed by atoms with E-state index in [1.165, 1.54) is 26.0 Å². The Bertz CT molecular complexity index is 746. The molecule has 5 nitrogen and oxygen atoms in total. The highest BCUT2D eigenvalue weighted by molar-refractivity contribution is 9.10. The van der Waals surface area contributed by atoms with Gasteiger partial charge < -0.3 is 14.2 Å². The number of hydrogen-bond acceptors (Lipinski definition) is 6. The summed E-state index contributed by atoms with van der Waals surface area (Å²) in [7, 11) is 2.98. The Kier molecular flexibility index (Phi) is 7.33. The van der Waals surface area contributed by atoms with Crippen LogP contribution in [0.4, 0.5) is 0 Å². The van der Waals surface area contributed by atoms with Crippen molar-refractivity contribution in [1.29, 1.82) is 0 Å². The Morgan fingerprint density at radius 2 is 1.76 bits per heavy atom. The Hall–Kier alpha value is -1.99. The van der Waals surface area contributed by atoms with Crippen molar-refractivity contribution < 1.29 is 23.8 Å². The highest BCUT2D eigenvalue weighted by atomic mass is 79.9. The molecule has 0 aromatic heterocycles. The van der Waals surface area contributed by atoms with Crippen molar-refractivity contribution in [2.45, 2.75) is 4.90 Å². The van der Waals surface area contributed by atoms with E-state index in [9.17, 15) is 9.59 Å². The van der Waals surface area contributed by atoms with Crippen LogP contribution in [0.15, 0.2) is 51.8 Å². The second-order valence-electron chi connectivity index (χ2n) is 4.89. The van der Waals surface area contributed by atoms with E-state index in [0.717, 1.165) is 9.37 Å². The van der Waals surface area contributed by atoms with E-state index in [4.69, 9.17) is 14.2 Å². The molecular weight excluding hydrogens is 408 g/mol. The van der Waals surface area contributed by atoms with Crippen molar-refractivity contribution in [2.24, 2.45) is 0 Å². The van der Waals surface area contributed by atoms with Gasteiger partial charge in [-0.2, -0.15) is 0 Å². The molecule has 2 aromatic carbocycles. The molecule has 0 saturated carbocycles. The summed E-state index contributed by atoms with van der Waals surface area (Å²) in [6, 6.07) is 12.5. The number of ether oxygens (including phenoxy) is 3. The fraction of sp³-hybridized carbons (Fsp3) is 0.222. The third-order valence-corrected chi connectivity index (χ3v) is 4.76. The van der Waals surface area contributed by atoms with Crippen LogP contribution in [-0.2, 0) is 9.53 Å². The molecule has 25 heavy (non-hydrogen) atoms. The number of benzene rings is 2. The molecule has 0 saturated heterocycles. The summed E-state index contributed by atoms with van der Waals surface area (Å²) in [4.78, 5) is 25.1. The van der Waals surface area contributed by atoms with E-state index >= 15 is 0 Å². The zero-order chi connectivity index (χ0) is 18.2. The quantitative estimate of drug-likeness (QED) is 0.362. The zero-order valence-corrected chi connectivity index (χ0v) is 16.2. The number of Topliss-reactive ketones (excluding diaryl/α,β-unsaturated/α-hetero) is 1. The number of rotatable bonds is 8. The van der Waals surface area contributed by atoms with Gasteiger partial charge in [0, 0.05) is 9.37 Å². The molecule has 0 bridgehead atoms. The van der Waals surface area contributed by atoms with Crippen LogP contribution in [0.1, 0.15) is 10.4 Å². The van der Waals surface area contributed by atoms with E-state index in [2.05, 4.69) is 15.9 Å². The molecule has 0 radical (unpaired) electrons. The van der Waals surface area contributed by atoms with Gasteiger partial charge in [0.25, 0.3) is 0 Å². The summed E-state index contributed by atoms with van der Waals surface area (Å²) in [5.74, 6) is 0.262. The summed E-state index contributed by atoms with van der Waals surface area (Å²) in [6.45, 7) is -0.344. The highest BCUT2D eigenvalue weighted by Crippen LogP contribution is 2.25. The number of ketones is 1. The van der Waals surface area contributed by atoms with Gasteiger partial charge in [0.1, 0.15) is 11.5 Å². The van der Waals surface area contributed by atoms with E-state index in [-0.39, 0.29) is 18.1 Å². The van der Waals surface area contributed by atoms with Crippen LogP contribution in [0.5, 0.6) is 11.5 Å². The summed E-state index contributed by atoms with van der Waals surface area (Å²) >= 11 is 4.70. The maximum Gasteiger partial charge on any atom is 0.316 e. The van der Waals surface area contributed by atoms with Crippen molar-refractivity contribution in [3.8, 4) is 11.5 Å². The molecule has 0 unspecified atom stereocenters. The fourth-order valence-electron chi connectivity index (χ4n) is 1.97. The van der Waals surface area contributed by atoms with Crippen LogP contribution in [0, 0.1) is 0 Å². The van der Waals surface area contributed by atoms with E-state index in [0.29, 0.717) is 17.1 Å². The highest BCUT2D eigenvalue weighted by Gasteiger charge is 2.16. The maximum absolute atomic E-state index is 12.3. The molecule has 0 aliphatic heterocycles. The van der Waals surface area contributed by atoms with Crippen LogP contribution >= 0.6 is 27.7 Å². The lowest BCUT2D eigenvalue weighted by molar-refractivity contribution is -0.139. The standard InChI is InChI=1S/C18H17BrO5S/c1-22-13-5-8-17(23-2)15(9-13)16(20)10-24-18(21)11-25-14-6-3-12(19)4-7-14/h3-9H,10-11H2,1-2H3. The van der Waals surface area contributed by atoms with Crippen molar-refractivity contribution in [3.63, 3.8) is 0 Å². The van der Waals surface area contributed by atoms with Crippen molar-refractivity contribution >= 4 is 39.4 Å². The van der Waals surface area contributed by atoms with E-state index in [1.807, 2.05) is 24.3 Å². The van der Waals surface area contributed by atoms with Gasteiger partial charge in [0.2, 0.25) is 5.78 Å². The molecule has 132 valence electrons. The largest absolute Gasteiger partial charge is 0.497 e. The van der Waals surface area contributed by atoms with Gasteiger partial charge >= 0.3 is 5.97 Å². The van der Waals surface area contributed by atoms with Gasteiger partial charge in [0.15, 0.2) is 6.61 Å². The van der Waals surface area contributed by atoms with Gasteiger partial charge in [-0.25, -0.2) is 0 Å². The summed E-state index contributed by atoms with van der Waals surface area (Å²) in [5.41, 5.74) is 0.315. The molecule has 2 rings (SSSR count). The fourth-order valence-corrected chi connectivity index (χ4v) is 2.93. The number of halogens is 1. The first kappa shape index (κ1) is 19.3. The molecule has 0 aliphatic carbocycles. The second-order valence-corrected chi connectivity index (χ2v) is 6.86. The molecule has 0 amide bonds. The van der Waals surface area contributed by atoms with E-state index < -0.39 is 5.97 Å². The maximum atomic E-state index is 12.3. The van der Waals surface area contributed by atoms with Crippen LogP contribution in [0.3, 0.4) is 0 Å². The predicted molar refractivity (Wildman–Crippen MR) is 99.7 cm³/mol. The molecule has 0 heterocycles. The number of carbonyl (C=O) groups is 2. The third kappa shape index (κ3) is 5.79.